The third-order valence-corrected chi connectivity index (χ3v) is 2.69. The van der Waals surface area contributed by atoms with E-state index >= 15 is 0 Å². The quantitative estimate of drug-likeness (QED) is 0.426. The van der Waals surface area contributed by atoms with Crippen LogP contribution in [0.5, 0.6) is 5.75 Å². The lowest BCUT2D eigenvalue weighted by Crippen LogP contribution is -2.00. The molecule has 0 aromatic heterocycles. The summed E-state index contributed by atoms with van der Waals surface area (Å²) in [6.07, 6.45) is 5.81. The fraction of sp³-hybridized carbons (Fsp3) is 0.385. The monoisotopic (exact) mass is 247 g/mol. The molecule has 0 radical (unpaired) electrons. The zero-order valence-electron chi connectivity index (χ0n) is 9.92. The maximum absolute atomic E-state index is 13.2. The maximum Gasteiger partial charge on any atom is 0.126 e. The maximum atomic E-state index is 13.2. The Morgan fingerprint density at radius 2 is 2.33 bits per heavy atom. The second-order valence-electron chi connectivity index (χ2n) is 4.25. The first-order valence-corrected chi connectivity index (χ1v) is 5.89. The summed E-state index contributed by atoms with van der Waals surface area (Å²) in [6.45, 7) is 0.928. The predicted molar refractivity (Wildman–Crippen MR) is 67.7 cm³/mol. The lowest BCUT2D eigenvalue weighted by Gasteiger charge is -2.08. The van der Waals surface area contributed by atoms with E-state index in [1.807, 2.05) is 0 Å². The molecule has 0 atom stereocenters. The molecule has 1 aliphatic carbocycles. The number of rotatable bonds is 6. The highest BCUT2D eigenvalue weighted by molar-refractivity contribution is 5.57. The van der Waals surface area contributed by atoms with Gasteiger partial charge in [-0.15, -0.1) is 0 Å². The summed E-state index contributed by atoms with van der Waals surface area (Å²) in [7, 11) is 0. The van der Waals surface area contributed by atoms with Gasteiger partial charge in [0, 0.05) is 17.0 Å². The minimum atomic E-state index is -0.308. The van der Waals surface area contributed by atoms with E-state index in [1.54, 1.807) is 18.2 Å². The number of halogens is 1. The number of hydrogen-bond acceptors (Lipinski definition) is 2. The Bertz CT molecular complexity index is 491. The van der Waals surface area contributed by atoms with E-state index in [2.05, 4.69) is 10.0 Å². The standard InChI is InChI=1S/C13H14FN3O/c14-12-5-6-13(18-9-10-3-4-10)11(8-12)2-1-7-16-17-15/h1-2,5-6,8,10H,3-4,7,9H2. The Morgan fingerprint density at radius 3 is 3.06 bits per heavy atom. The largest absolute Gasteiger partial charge is 0.493 e. The topological polar surface area (TPSA) is 58.0 Å². The first kappa shape index (κ1) is 12.5. The van der Waals surface area contributed by atoms with E-state index in [0.29, 0.717) is 23.8 Å². The van der Waals surface area contributed by atoms with Crippen molar-refractivity contribution in [1.82, 2.24) is 0 Å². The number of nitrogens with zero attached hydrogens (tertiary/aromatic N) is 3. The van der Waals surface area contributed by atoms with E-state index in [4.69, 9.17) is 10.3 Å². The number of azide groups is 1. The van der Waals surface area contributed by atoms with Crippen molar-refractivity contribution in [3.63, 3.8) is 0 Å². The van der Waals surface area contributed by atoms with Gasteiger partial charge in [0.15, 0.2) is 0 Å². The van der Waals surface area contributed by atoms with E-state index in [9.17, 15) is 4.39 Å². The fourth-order valence-corrected chi connectivity index (χ4v) is 1.54. The summed E-state index contributed by atoms with van der Waals surface area (Å²) in [5.74, 6) is 1.01. The van der Waals surface area contributed by atoms with Gasteiger partial charge in [0.2, 0.25) is 0 Å². The van der Waals surface area contributed by atoms with Gasteiger partial charge in [-0.25, -0.2) is 4.39 Å². The lowest BCUT2D eigenvalue weighted by atomic mass is 10.2. The van der Waals surface area contributed by atoms with Gasteiger partial charge in [-0.2, -0.15) is 0 Å². The Hall–Kier alpha value is -2.00. The van der Waals surface area contributed by atoms with Gasteiger partial charge in [-0.05, 0) is 42.5 Å². The summed E-state index contributed by atoms with van der Waals surface area (Å²) in [4.78, 5) is 2.64. The molecule has 0 amide bonds. The zero-order valence-corrected chi connectivity index (χ0v) is 9.92. The van der Waals surface area contributed by atoms with Crippen molar-refractivity contribution < 1.29 is 9.13 Å². The Balaban J connectivity index is 2.05. The average molecular weight is 247 g/mol. The fourth-order valence-electron chi connectivity index (χ4n) is 1.54. The molecule has 0 N–H and O–H groups in total. The number of benzene rings is 1. The molecular weight excluding hydrogens is 233 g/mol. The summed E-state index contributed by atoms with van der Waals surface area (Å²) in [6, 6.07) is 4.42. The molecule has 0 bridgehead atoms. The van der Waals surface area contributed by atoms with Crippen LogP contribution in [0.25, 0.3) is 16.5 Å². The molecular formula is C13H14FN3O. The van der Waals surface area contributed by atoms with Crippen LogP contribution in [0.4, 0.5) is 4.39 Å². The van der Waals surface area contributed by atoms with Crippen LogP contribution in [0.1, 0.15) is 18.4 Å². The number of hydrogen-bond donors (Lipinski definition) is 0. The normalized spacial score (nSPS) is 14.5. The van der Waals surface area contributed by atoms with E-state index in [1.165, 1.54) is 25.0 Å². The molecule has 1 aromatic carbocycles. The molecule has 1 aromatic rings. The third-order valence-electron chi connectivity index (χ3n) is 2.69. The van der Waals surface area contributed by atoms with Crippen molar-refractivity contribution >= 4 is 6.08 Å². The van der Waals surface area contributed by atoms with Crippen molar-refractivity contribution in [2.24, 2.45) is 11.0 Å². The lowest BCUT2D eigenvalue weighted by molar-refractivity contribution is 0.298. The van der Waals surface area contributed by atoms with Gasteiger partial charge in [0.1, 0.15) is 11.6 Å². The van der Waals surface area contributed by atoms with Crippen LogP contribution in [0.15, 0.2) is 29.4 Å². The highest BCUT2D eigenvalue weighted by Gasteiger charge is 2.22. The van der Waals surface area contributed by atoms with Gasteiger partial charge >= 0.3 is 0 Å². The highest BCUT2D eigenvalue weighted by Crippen LogP contribution is 2.30. The van der Waals surface area contributed by atoms with E-state index < -0.39 is 0 Å². The van der Waals surface area contributed by atoms with Crippen LogP contribution in [-0.4, -0.2) is 13.2 Å². The van der Waals surface area contributed by atoms with Crippen LogP contribution in [0.2, 0.25) is 0 Å². The summed E-state index contributed by atoms with van der Waals surface area (Å²) in [5.41, 5.74) is 8.82. The van der Waals surface area contributed by atoms with Gasteiger partial charge in [-0.3, -0.25) is 0 Å². The minimum absolute atomic E-state index is 0.245. The Labute approximate surface area is 105 Å². The molecule has 0 saturated heterocycles. The zero-order chi connectivity index (χ0) is 12.8. The highest BCUT2D eigenvalue weighted by atomic mass is 19.1. The second-order valence-corrected chi connectivity index (χ2v) is 4.25. The Kier molecular flexibility index (Phi) is 4.20. The third kappa shape index (κ3) is 3.79. The van der Waals surface area contributed by atoms with Crippen LogP contribution >= 0.6 is 0 Å². The second kappa shape index (κ2) is 6.07. The molecule has 1 fully saturated rings. The average Bonchev–Trinajstić information content (AvgIpc) is 3.17. The van der Waals surface area contributed by atoms with Crippen LogP contribution in [0, 0.1) is 11.7 Å². The van der Waals surface area contributed by atoms with Crippen molar-refractivity contribution in [2.45, 2.75) is 12.8 Å². The van der Waals surface area contributed by atoms with Crippen LogP contribution in [0.3, 0.4) is 0 Å². The van der Waals surface area contributed by atoms with Crippen molar-refractivity contribution in [3.05, 3.63) is 46.1 Å². The molecule has 0 spiro atoms. The molecule has 18 heavy (non-hydrogen) atoms. The van der Waals surface area contributed by atoms with Crippen molar-refractivity contribution in [2.75, 3.05) is 13.2 Å². The first-order valence-electron chi connectivity index (χ1n) is 5.89. The molecule has 0 heterocycles. The van der Waals surface area contributed by atoms with Gasteiger partial charge < -0.3 is 4.74 Å². The molecule has 1 saturated carbocycles. The first-order chi connectivity index (χ1) is 8.79. The molecule has 0 unspecified atom stereocenters. The molecule has 94 valence electrons. The molecule has 5 heteroatoms. The van der Waals surface area contributed by atoms with Gasteiger partial charge in [0.05, 0.1) is 6.61 Å². The summed E-state index contributed by atoms with van der Waals surface area (Å²) >= 11 is 0. The van der Waals surface area contributed by atoms with Crippen molar-refractivity contribution in [3.8, 4) is 5.75 Å². The van der Waals surface area contributed by atoms with Crippen LogP contribution in [-0.2, 0) is 0 Å². The van der Waals surface area contributed by atoms with Crippen LogP contribution < -0.4 is 4.74 Å². The minimum Gasteiger partial charge on any atom is -0.493 e. The SMILES string of the molecule is [N-]=[N+]=NCC=Cc1cc(F)ccc1OCC1CC1. The van der Waals surface area contributed by atoms with Gasteiger partial charge in [-0.1, -0.05) is 17.3 Å². The van der Waals surface area contributed by atoms with E-state index in [0.717, 1.165) is 0 Å². The molecule has 1 aliphatic rings. The van der Waals surface area contributed by atoms with Crippen molar-refractivity contribution in [1.29, 1.82) is 0 Å². The predicted octanol–water partition coefficient (Wildman–Crippen LogP) is 3.94. The summed E-state index contributed by atoms with van der Waals surface area (Å²) in [5, 5.41) is 3.38. The van der Waals surface area contributed by atoms with E-state index in [-0.39, 0.29) is 12.4 Å². The molecule has 4 nitrogen and oxygen atoms in total. The Morgan fingerprint density at radius 1 is 1.50 bits per heavy atom. The number of ether oxygens (including phenoxy) is 1. The smallest absolute Gasteiger partial charge is 0.126 e. The van der Waals surface area contributed by atoms with Gasteiger partial charge in [0.25, 0.3) is 0 Å². The molecule has 2 rings (SSSR count). The molecule has 0 aliphatic heterocycles. The summed E-state index contributed by atoms with van der Waals surface area (Å²) < 4.78 is 18.8.